The highest BCUT2D eigenvalue weighted by Crippen LogP contribution is 2.37. The minimum absolute atomic E-state index is 0.0472. The van der Waals surface area contributed by atoms with Crippen LogP contribution in [-0.2, 0) is 9.59 Å². The summed E-state index contributed by atoms with van der Waals surface area (Å²) < 4.78 is 0. The number of carbonyl (C=O) groups is 2. The van der Waals surface area contributed by atoms with Crippen LogP contribution in [0, 0.1) is 12.8 Å². The van der Waals surface area contributed by atoms with Gasteiger partial charge in [-0.25, -0.2) is 0 Å². The molecule has 0 saturated carbocycles. The molecule has 30 heavy (non-hydrogen) atoms. The molecule has 6 heteroatoms. The minimum atomic E-state index is -0.509. The summed E-state index contributed by atoms with van der Waals surface area (Å²) in [6.07, 6.45) is 5.16. The Kier molecular flexibility index (Phi) is 4.32. The molecule has 0 radical (unpaired) electrons. The van der Waals surface area contributed by atoms with Crippen LogP contribution in [0.3, 0.4) is 0 Å². The number of fused-ring (bicyclic) bond motifs is 2. The van der Waals surface area contributed by atoms with Crippen LogP contribution in [0.5, 0.6) is 0 Å². The van der Waals surface area contributed by atoms with Crippen molar-refractivity contribution in [3.63, 3.8) is 0 Å². The molecule has 2 aromatic rings. The van der Waals surface area contributed by atoms with Crippen molar-refractivity contribution in [2.75, 3.05) is 16.9 Å². The van der Waals surface area contributed by atoms with E-state index >= 15 is 0 Å². The van der Waals surface area contributed by atoms with Gasteiger partial charge < -0.3 is 10.6 Å². The summed E-state index contributed by atoms with van der Waals surface area (Å²) in [5, 5.41) is 12.7. The molecule has 0 spiro atoms. The zero-order chi connectivity index (χ0) is 20.7. The number of nitrogens with zero attached hydrogens (tertiary/aromatic N) is 2. The maximum Gasteiger partial charge on any atom is 0.276 e. The zero-order valence-electron chi connectivity index (χ0n) is 16.4. The number of hydrogen-bond acceptors (Lipinski definition) is 5. The van der Waals surface area contributed by atoms with Gasteiger partial charge in [0, 0.05) is 22.7 Å². The van der Waals surface area contributed by atoms with Crippen LogP contribution in [0.15, 0.2) is 94.9 Å². The van der Waals surface area contributed by atoms with E-state index < -0.39 is 5.92 Å². The number of allylic oxidation sites excluding steroid dienone is 4. The number of para-hydroxylation sites is 1. The molecule has 0 aromatic heterocycles. The van der Waals surface area contributed by atoms with Crippen molar-refractivity contribution in [2.45, 2.75) is 6.92 Å². The van der Waals surface area contributed by atoms with Crippen molar-refractivity contribution in [3.8, 4) is 0 Å². The SMILES string of the molecule is Cc1ccc(N2CC3=C(C(C(=O)Nc4ccccc4)=N2)C2C(=O)C=CC=C2N3)cc1. The van der Waals surface area contributed by atoms with Gasteiger partial charge in [-0.1, -0.05) is 42.0 Å². The van der Waals surface area contributed by atoms with Crippen molar-refractivity contribution in [1.82, 2.24) is 5.32 Å². The normalized spacial score (nSPS) is 19.6. The van der Waals surface area contributed by atoms with Crippen LogP contribution < -0.4 is 15.6 Å². The number of benzene rings is 2. The van der Waals surface area contributed by atoms with E-state index in [9.17, 15) is 9.59 Å². The molecule has 0 bridgehead atoms. The van der Waals surface area contributed by atoms with Gasteiger partial charge in [-0.05, 0) is 43.3 Å². The van der Waals surface area contributed by atoms with Crippen LogP contribution >= 0.6 is 0 Å². The average molecular weight is 396 g/mol. The molecule has 1 atom stereocenters. The van der Waals surface area contributed by atoms with Gasteiger partial charge in [0.2, 0.25) is 0 Å². The number of nitrogens with one attached hydrogen (secondary N) is 2. The zero-order valence-corrected chi connectivity index (χ0v) is 16.4. The van der Waals surface area contributed by atoms with Gasteiger partial charge in [0.1, 0.15) is 0 Å². The molecule has 2 aliphatic heterocycles. The lowest BCUT2D eigenvalue weighted by atomic mass is 9.86. The van der Waals surface area contributed by atoms with Gasteiger partial charge in [0.25, 0.3) is 5.91 Å². The largest absolute Gasteiger partial charge is 0.360 e. The smallest absolute Gasteiger partial charge is 0.276 e. The number of hydrogen-bond donors (Lipinski definition) is 2. The highest BCUT2D eigenvalue weighted by atomic mass is 16.2. The number of anilines is 2. The third kappa shape index (κ3) is 3.12. The molecular weight excluding hydrogens is 376 g/mol. The standard InChI is InChI=1S/C24H20N4O2/c1-15-10-12-17(13-11-15)28-14-19-22(21-18(26-19)8-5-9-20(21)29)23(27-28)24(30)25-16-6-3-2-4-7-16/h2-13,21,26H,14H2,1H3,(H,25,30). The summed E-state index contributed by atoms with van der Waals surface area (Å²) in [7, 11) is 0. The first-order valence-electron chi connectivity index (χ1n) is 9.82. The fourth-order valence-electron chi connectivity index (χ4n) is 3.93. The fourth-order valence-corrected chi connectivity index (χ4v) is 3.93. The number of hydrazone groups is 1. The highest BCUT2D eigenvalue weighted by molar-refractivity contribution is 6.50. The maximum absolute atomic E-state index is 13.2. The van der Waals surface area contributed by atoms with Crippen LogP contribution in [0.2, 0.25) is 0 Å². The number of aryl methyl sites for hydroxylation is 1. The van der Waals surface area contributed by atoms with Crippen molar-refractivity contribution in [3.05, 3.63) is 95.4 Å². The maximum atomic E-state index is 13.2. The van der Waals surface area contributed by atoms with Crippen LogP contribution in [-0.4, -0.2) is 23.9 Å². The third-order valence-corrected chi connectivity index (χ3v) is 5.40. The van der Waals surface area contributed by atoms with E-state index in [1.54, 1.807) is 17.2 Å². The quantitative estimate of drug-likeness (QED) is 0.835. The first kappa shape index (κ1) is 18.1. The summed E-state index contributed by atoms with van der Waals surface area (Å²) in [6.45, 7) is 2.48. The summed E-state index contributed by atoms with van der Waals surface area (Å²) >= 11 is 0. The molecule has 3 aliphatic rings. The van der Waals surface area contributed by atoms with Crippen LogP contribution in [0.4, 0.5) is 11.4 Å². The Balaban J connectivity index is 1.55. The Hall–Kier alpha value is -3.93. The van der Waals surface area contributed by atoms with Crippen molar-refractivity contribution < 1.29 is 9.59 Å². The van der Waals surface area contributed by atoms with Crippen LogP contribution in [0.1, 0.15) is 5.56 Å². The second-order valence-corrected chi connectivity index (χ2v) is 7.50. The molecule has 148 valence electrons. The van der Waals surface area contributed by atoms with Gasteiger partial charge in [0.15, 0.2) is 11.5 Å². The van der Waals surface area contributed by atoms with E-state index in [2.05, 4.69) is 15.7 Å². The van der Waals surface area contributed by atoms with E-state index in [4.69, 9.17) is 0 Å². The molecule has 2 heterocycles. The van der Waals surface area contributed by atoms with Gasteiger partial charge in [0.05, 0.1) is 18.2 Å². The Morgan fingerprint density at radius 1 is 1.13 bits per heavy atom. The molecule has 0 saturated heterocycles. The van der Waals surface area contributed by atoms with Gasteiger partial charge in [-0.15, -0.1) is 0 Å². The Bertz CT molecular complexity index is 1160. The molecule has 1 amide bonds. The third-order valence-electron chi connectivity index (χ3n) is 5.40. The second-order valence-electron chi connectivity index (χ2n) is 7.50. The van der Waals surface area contributed by atoms with Gasteiger partial charge in [-0.3, -0.25) is 14.6 Å². The number of amides is 1. The summed E-state index contributed by atoms with van der Waals surface area (Å²) in [5.74, 6) is -0.893. The lowest BCUT2D eigenvalue weighted by Gasteiger charge is -2.27. The fraction of sp³-hybridized carbons (Fsp3) is 0.125. The second kappa shape index (κ2) is 7.15. The molecule has 6 nitrogen and oxygen atoms in total. The first-order valence-corrected chi connectivity index (χ1v) is 9.82. The molecule has 5 rings (SSSR count). The number of rotatable bonds is 3. The molecule has 2 N–H and O–H groups in total. The average Bonchev–Trinajstić information content (AvgIpc) is 3.14. The van der Waals surface area contributed by atoms with E-state index in [1.807, 2.05) is 67.6 Å². The monoisotopic (exact) mass is 396 g/mol. The lowest BCUT2D eigenvalue weighted by Crippen LogP contribution is -2.37. The Morgan fingerprint density at radius 2 is 1.90 bits per heavy atom. The van der Waals surface area contributed by atoms with Gasteiger partial charge >= 0.3 is 0 Å². The first-order chi connectivity index (χ1) is 14.6. The molecule has 1 aliphatic carbocycles. The summed E-state index contributed by atoms with van der Waals surface area (Å²) in [4.78, 5) is 25.9. The number of ketones is 1. The van der Waals surface area contributed by atoms with E-state index in [1.165, 1.54) is 0 Å². The highest BCUT2D eigenvalue weighted by Gasteiger charge is 2.42. The summed E-state index contributed by atoms with van der Waals surface area (Å²) in [5.41, 5.74) is 5.24. The van der Waals surface area contributed by atoms with Crippen molar-refractivity contribution in [2.24, 2.45) is 11.0 Å². The predicted octanol–water partition coefficient (Wildman–Crippen LogP) is 3.31. The molecular formula is C24H20N4O2. The number of carbonyl (C=O) groups excluding carboxylic acids is 2. The minimum Gasteiger partial charge on any atom is -0.360 e. The van der Waals surface area contributed by atoms with Crippen LogP contribution in [0.25, 0.3) is 0 Å². The Morgan fingerprint density at radius 3 is 2.67 bits per heavy atom. The lowest BCUT2D eigenvalue weighted by molar-refractivity contribution is -0.116. The summed E-state index contributed by atoms with van der Waals surface area (Å²) in [6, 6.07) is 17.2. The van der Waals surface area contributed by atoms with E-state index in [0.717, 1.165) is 22.6 Å². The van der Waals surface area contributed by atoms with E-state index in [0.29, 0.717) is 17.8 Å². The predicted molar refractivity (Wildman–Crippen MR) is 117 cm³/mol. The Labute approximate surface area is 174 Å². The van der Waals surface area contributed by atoms with Crippen molar-refractivity contribution in [1.29, 1.82) is 0 Å². The molecule has 0 fully saturated rings. The molecule has 1 unspecified atom stereocenters. The van der Waals surface area contributed by atoms with E-state index in [-0.39, 0.29) is 17.4 Å². The molecule has 2 aromatic carbocycles. The topological polar surface area (TPSA) is 73.8 Å². The van der Waals surface area contributed by atoms with Gasteiger partial charge in [-0.2, -0.15) is 5.10 Å². The van der Waals surface area contributed by atoms with Crippen molar-refractivity contribution >= 4 is 28.8 Å².